The standard InChI is InChI=1S/C44H50N2O3Si/c1-43(2,3)50(5,6)49-38-28-25-33(26-29-38)40(47)30-27-34-17-16-24-41(48-4)42(34)39-31-46(32-45-39)44(35-18-10-7-11-19-35,36-20-12-8-13-21-36)37-22-14-9-15-23-37/h7-24,27,30-33,38H,25-26,28-29H2,1-6H3/b30-27+. The van der Waals surface area contributed by atoms with Gasteiger partial charge in [-0.15, -0.1) is 0 Å². The van der Waals surface area contributed by atoms with Crippen molar-refractivity contribution in [2.24, 2.45) is 5.92 Å². The van der Waals surface area contributed by atoms with Crippen molar-refractivity contribution >= 4 is 20.2 Å². The largest absolute Gasteiger partial charge is 0.496 e. The van der Waals surface area contributed by atoms with Crippen LogP contribution in [0.4, 0.5) is 0 Å². The number of imidazole rings is 1. The Morgan fingerprint density at radius 2 is 1.32 bits per heavy atom. The fourth-order valence-electron chi connectivity index (χ4n) is 7.12. The summed E-state index contributed by atoms with van der Waals surface area (Å²) in [6, 6.07) is 37.7. The Bertz CT molecular complexity index is 1800. The minimum Gasteiger partial charge on any atom is -0.496 e. The molecule has 5 nitrogen and oxygen atoms in total. The predicted molar refractivity (Wildman–Crippen MR) is 207 cm³/mol. The van der Waals surface area contributed by atoms with Crippen molar-refractivity contribution in [3.05, 3.63) is 150 Å². The average molecular weight is 683 g/mol. The Labute approximate surface area is 299 Å². The Kier molecular flexibility index (Phi) is 10.4. The molecule has 6 rings (SSSR count). The second-order valence-corrected chi connectivity index (χ2v) is 19.7. The summed E-state index contributed by atoms with van der Waals surface area (Å²) in [5.74, 6) is 0.895. The topological polar surface area (TPSA) is 53.4 Å². The van der Waals surface area contributed by atoms with Crippen LogP contribution in [0.3, 0.4) is 0 Å². The SMILES string of the molecule is COc1cccc(/C=C/C(=O)C2CCC(O[Si](C)(C)C(C)(C)C)CC2)c1-c1cn(C(c2ccccc2)(c2ccccc2)c2ccccc2)cn1. The third kappa shape index (κ3) is 7.05. The van der Waals surface area contributed by atoms with E-state index in [1.807, 2.05) is 48.8 Å². The van der Waals surface area contributed by atoms with E-state index in [2.05, 4.69) is 117 Å². The maximum absolute atomic E-state index is 13.6. The molecule has 6 heteroatoms. The lowest BCUT2D eigenvalue weighted by Gasteiger charge is -2.41. The Morgan fingerprint density at radius 3 is 1.82 bits per heavy atom. The zero-order valence-corrected chi connectivity index (χ0v) is 31.3. The van der Waals surface area contributed by atoms with Crippen molar-refractivity contribution in [2.75, 3.05) is 7.11 Å². The van der Waals surface area contributed by atoms with Crippen LogP contribution in [0.5, 0.6) is 5.75 Å². The number of benzene rings is 4. The summed E-state index contributed by atoms with van der Waals surface area (Å²) in [7, 11) is -0.154. The first-order chi connectivity index (χ1) is 24.0. The number of aromatic nitrogens is 2. The number of carbonyl (C=O) groups excluding carboxylic acids is 1. The van der Waals surface area contributed by atoms with E-state index in [1.165, 1.54) is 0 Å². The minimum atomic E-state index is -1.84. The van der Waals surface area contributed by atoms with Gasteiger partial charge in [0, 0.05) is 18.2 Å². The summed E-state index contributed by atoms with van der Waals surface area (Å²) in [4.78, 5) is 18.6. The molecular weight excluding hydrogens is 633 g/mol. The molecule has 5 aromatic rings. The molecule has 258 valence electrons. The van der Waals surface area contributed by atoms with E-state index >= 15 is 0 Å². The Morgan fingerprint density at radius 1 is 0.780 bits per heavy atom. The molecule has 1 aliphatic carbocycles. The molecule has 1 saturated carbocycles. The molecule has 0 spiro atoms. The Hall–Kier alpha value is -4.52. The zero-order valence-electron chi connectivity index (χ0n) is 30.3. The molecule has 1 heterocycles. The average Bonchev–Trinajstić information content (AvgIpc) is 3.62. The molecule has 0 bridgehead atoms. The number of allylic oxidation sites excluding steroid dienone is 1. The first-order valence-electron chi connectivity index (χ1n) is 17.8. The van der Waals surface area contributed by atoms with E-state index in [9.17, 15) is 4.79 Å². The highest BCUT2D eigenvalue weighted by molar-refractivity contribution is 6.74. The molecule has 0 unspecified atom stereocenters. The lowest BCUT2D eigenvalue weighted by Crippen LogP contribution is -2.45. The van der Waals surface area contributed by atoms with E-state index in [-0.39, 0.29) is 22.8 Å². The summed E-state index contributed by atoms with van der Waals surface area (Å²) in [6.07, 6.45) is 11.6. The van der Waals surface area contributed by atoms with E-state index in [0.717, 1.165) is 59.2 Å². The van der Waals surface area contributed by atoms with E-state index in [1.54, 1.807) is 13.2 Å². The quantitative estimate of drug-likeness (QED) is 0.0790. The Balaban J connectivity index is 1.33. The highest BCUT2D eigenvalue weighted by Crippen LogP contribution is 2.43. The predicted octanol–water partition coefficient (Wildman–Crippen LogP) is 10.6. The lowest BCUT2D eigenvalue weighted by atomic mass is 9.77. The van der Waals surface area contributed by atoms with Gasteiger partial charge in [-0.3, -0.25) is 4.79 Å². The lowest BCUT2D eigenvalue weighted by molar-refractivity contribution is -0.119. The summed E-state index contributed by atoms with van der Waals surface area (Å²) >= 11 is 0. The number of hydrogen-bond donors (Lipinski definition) is 0. The van der Waals surface area contributed by atoms with Gasteiger partial charge in [0.05, 0.1) is 24.7 Å². The van der Waals surface area contributed by atoms with Gasteiger partial charge in [-0.25, -0.2) is 4.98 Å². The van der Waals surface area contributed by atoms with Crippen LogP contribution in [0.2, 0.25) is 18.1 Å². The van der Waals surface area contributed by atoms with Gasteiger partial charge in [-0.1, -0.05) is 130 Å². The van der Waals surface area contributed by atoms with Crippen molar-refractivity contribution in [3.8, 4) is 17.0 Å². The molecule has 4 aromatic carbocycles. The number of nitrogens with zero attached hydrogens (tertiary/aromatic N) is 2. The maximum Gasteiger partial charge on any atom is 0.192 e. The molecular formula is C44H50N2O3Si. The van der Waals surface area contributed by atoms with Crippen LogP contribution >= 0.6 is 0 Å². The minimum absolute atomic E-state index is 0.0158. The highest BCUT2D eigenvalue weighted by Gasteiger charge is 2.41. The van der Waals surface area contributed by atoms with Crippen molar-refractivity contribution in [2.45, 2.75) is 76.2 Å². The molecule has 0 radical (unpaired) electrons. The van der Waals surface area contributed by atoms with Crippen LogP contribution in [-0.2, 0) is 14.8 Å². The van der Waals surface area contributed by atoms with Gasteiger partial charge in [0.25, 0.3) is 0 Å². The second kappa shape index (κ2) is 14.8. The normalized spacial score (nSPS) is 17.2. The van der Waals surface area contributed by atoms with Gasteiger partial charge >= 0.3 is 0 Å². The first-order valence-corrected chi connectivity index (χ1v) is 20.7. The molecule has 1 aromatic heterocycles. The molecule has 0 aliphatic heterocycles. The number of methoxy groups -OCH3 is 1. The fraction of sp³-hybridized carbons (Fsp3) is 0.318. The summed E-state index contributed by atoms with van der Waals surface area (Å²) in [5, 5.41) is 0.179. The van der Waals surface area contributed by atoms with E-state index in [4.69, 9.17) is 14.1 Å². The molecule has 0 atom stereocenters. The van der Waals surface area contributed by atoms with Crippen LogP contribution in [0, 0.1) is 5.92 Å². The third-order valence-electron chi connectivity index (χ3n) is 10.9. The molecule has 0 saturated heterocycles. The van der Waals surface area contributed by atoms with E-state index < -0.39 is 13.9 Å². The molecule has 0 N–H and O–H groups in total. The van der Waals surface area contributed by atoms with Gasteiger partial charge in [-0.05, 0) is 78.2 Å². The van der Waals surface area contributed by atoms with Crippen molar-refractivity contribution in [3.63, 3.8) is 0 Å². The monoisotopic (exact) mass is 682 g/mol. The van der Waals surface area contributed by atoms with Gasteiger partial charge in [0.15, 0.2) is 14.1 Å². The number of carbonyl (C=O) groups is 1. The number of ether oxygens (including phenoxy) is 1. The first kappa shape index (κ1) is 35.3. The van der Waals surface area contributed by atoms with Gasteiger partial charge in [0.1, 0.15) is 11.3 Å². The molecule has 1 fully saturated rings. The van der Waals surface area contributed by atoms with Crippen LogP contribution in [0.25, 0.3) is 17.3 Å². The molecule has 50 heavy (non-hydrogen) atoms. The summed E-state index contributed by atoms with van der Waals surface area (Å²) < 4.78 is 14.8. The zero-order chi connectivity index (χ0) is 35.4. The van der Waals surface area contributed by atoms with Crippen LogP contribution in [0.15, 0.2) is 128 Å². The van der Waals surface area contributed by atoms with E-state index in [0.29, 0.717) is 5.75 Å². The van der Waals surface area contributed by atoms with Crippen molar-refractivity contribution in [1.29, 1.82) is 0 Å². The smallest absolute Gasteiger partial charge is 0.192 e. The third-order valence-corrected chi connectivity index (χ3v) is 15.4. The van der Waals surface area contributed by atoms with Crippen LogP contribution in [-0.4, -0.2) is 36.9 Å². The number of rotatable bonds is 11. The number of hydrogen-bond acceptors (Lipinski definition) is 4. The van der Waals surface area contributed by atoms with Gasteiger partial charge < -0.3 is 13.7 Å². The van der Waals surface area contributed by atoms with Crippen LogP contribution in [0.1, 0.15) is 68.7 Å². The number of ketones is 1. The maximum atomic E-state index is 13.6. The highest BCUT2D eigenvalue weighted by atomic mass is 28.4. The van der Waals surface area contributed by atoms with Crippen LogP contribution < -0.4 is 4.74 Å². The fourth-order valence-corrected chi connectivity index (χ4v) is 8.54. The molecule has 0 amide bonds. The second-order valence-electron chi connectivity index (χ2n) is 15.0. The van der Waals surface area contributed by atoms with Gasteiger partial charge in [-0.2, -0.15) is 0 Å². The summed E-state index contributed by atoms with van der Waals surface area (Å²) in [5.41, 5.74) is 5.19. The van der Waals surface area contributed by atoms with Gasteiger partial charge in [0.2, 0.25) is 0 Å². The van der Waals surface area contributed by atoms with Crippen molar-refractivity contribution < 1.29 is 14.0 Å². The summed E-state index contributed by atoms with van der Waals surface area (Å²) in [6.45, 7) is 11.5. The van der Waals surface area contributed by atoms with Crippen molar-refractivity contribution in [1.82, 2.24) is 9.55 Å². The molecule has 1 aliphatic rings.